The van der Waals surface area contributed by atoms with Crippen LogP contribution in [0.15, 0.2) is 77.2 Å². The molecule has 0 radical (unpaired) electrons. The first-order chi connectivity index (χ1) is 15.0. The summed E-state index contributed by atoms with van der Waals surface area (Å²) in [5, 5.41) is 7.72. The molecule has 31 heavy (non-hydrogen) atoms. The number of aryl methyl sites for hydroxylation is 1. The molecule has 0 aliphatic heterocycles. The maximum Gasteiger partial charge on any atom is 0.293 e. The predicted molar refractivity (Wildman–Crippen MR) is 130 cm³/mol. The van der Waals surface area contributed by atoms with Crippen molar-refractivity contribution in [2.75, 3.05) is 5.32 Å². The lowest BCUT2D eigenvalue weighted by molar-refractivity contribution is 0.0953. The normalized spacial score (nSPS) is 11.0. The number of thiocarbonyl (C=S) groups is 1. The van der Waals surface area contributed by atoms with Gasteiger partial charge < -0.3 is 9.73 Å². The Bertz CT molecular complexity index is 1400. The Hall–Kier alpha value is -3.55. The van der Waals surface area contributed by atoms with Crippen molar-refractivity contribution in [1.82, 2.24) is 10.3 Å². The number of hydrogen-bond donors (Lipinski definition) is 2. The Labute approximate surface area is 187 Å². The van der Waals surface area contributed by atoms with Gasteiger partial charge in [-0.15, -0.1) is 11.3 Å². The van der Waals surface area contributed by atoms with Crippen LogP contribution in [0.25, 0.3) is 31.8 Å². The van der Waals surface area contributed by atoms with Crippen molar-refractivity contribution in [2.45, 2.75) is 6.92 Å². The highest BCUT2D eigenvalue weighted by atomic mass is 32.1. The maximum atomic E-state index is 12.4. The summed E-state index contributed by atoms with van der Waals surface area (Å²) in [5.41, 5.74) is 4.69. The molecule has 0 atom stereocenters. The molecule has 5 rings (SSSR count). The van der Waals surface area contributed by atoms with Gasteiger partial charge in [-0.05, 0) is 73.2 Å². The van der Waals surface area contributed by atoms with Gasteiger partial charge in [0, 0.05) is 16.6 Å². The number of thiazole rings is 1. The van der Waals surface area contributed by atoms with E-state index in [1.165, 1.54) is 10.3 Å². The van der Waals surface area contributed by atoms with Gasteiger partial charge in [-0.1, -0.05) is 24.3 Å². The molecule has 0 aliphatic carbocycles. The number of carbonyl (C=O) groups excluding carboxylic acids is 1. The second-order valence-corrected chi connectivity index (χ2v) is 8.56. The number of furan rings is 1. The number of aromatic nitrogens is 1. The van der Waals surface area contributed by atoms with Gasteiger partial charge in [0.25, 0.3) is 5.91 Å². The monoisotopic (exact) mass is 443 g/mol. The first kappa shape index (κ1) is 19.4. The van der Waals surface area contributed by atoms with Gasteiger partial charge in [-0.3, -0.25) is 10.1 Å². The lowest BCUT2D eigenvalue weighted by Gasteiger charge is -2.09. The summed E-state index contributed by atoms with van der Waals surface area (Å²) in [6, 6.07) is 23.2. The molecule has 0 spiro atoms. The highest BCUT2D eigenvalue weighted by molar-refractivity contribution is 7.80. The van der Waals surface area contributed by atoms with E-state index in [2.05, 4.69) is 29.7 Å². The highest BCUT2D eigenvalue weighted by Crippen LogP contribution is 2.31. The lowest BCUT2D eigenvalue weighted by atomic mass is 10.2. The van der Waals surface area contributed by atoms with Crippen molar-refractivity contribution in [1.29, 1.82) is 0 Å². The van der Waals surface area contributed by atoms with Crippen LogP contribution in [-0.4, -0.2) is 16.0 Å². The highest BCUT2D eigenvalue weighted by Gasteiger charge is 2.14. The summed E-state index contributed by atoms with van der Waals surface area (Å²) in [6.07, 6.45) is 0. The number of amides is 1. The molecule has 5 nitrogen and oxygen atoms in total. The number of hydrogen-bond acceptors (Lipinski definition) is 5. The molecule has 0 saturated heterocycles. The van der Waals surface area contributed by atoms with E-state index in [0.29, 0.717) is 5.58 Å². The van der Waals surface area contributed by atoms with Gasteiger partial charge in [0.1, 0.15) is 10.6 Å². The Balaban J connectivity index is 1.26. The van der Waals surface area contributed by atoms with E-state index < -0.39 is 5.91 Å². The average molecular weight is 444 g/mol. The molecule has 0 saturated carbocycles. The zero-order valence-corrected chi connectivity index (χ0v) is 18.1. The zero-order chi connectivity index (χ0) is 21.4. The second kappa shape index (κ2) is 7.94. The smallest absolute Gasteiger partial charge is 0.293 e. The van der Waals surface area contributed by atoms with Crippen LogP contribution in [0.4, 0.5) is 5.69 Å². The third kappa shape index (κ3) is 4.05. The van der Waals surface area contributed by atoms with Crippen LogP contribution < -0.4 is 10.6 Å². The number of para-hydroxylation sites is 1. The van der Waals surface area contributed by atoms with E-state index >= 15 is 0 Å². The molecule has 7 heteroatoms. The second-order valence-electron chi connectivity index (χ2n) is 7.12. The number of rotatable bonds is 3. The Kier molecular flexibility index (Phi) is 4.97. The maximum absolute atomic E-state index is 12.4. The molecule has 0 aliphatic rings. The summed E-state index contributed by atoms with van der Waals surface area (Å²) in [7, 11) is 0. The van der Waals surface area contributed by atoms with E-state index in [0.717, 1.165) is 27.2 Å². The first-order valence-electron chi connectivity index (χ1n) is 9.64. The van der Waals surface area contributed by atoms with Crippen LogP contribution in [0.2, 0.25) is 0 Å². The van der Waals surface area contributed by atoms with E-state index in [1.807, 2.05) is 54.6 Å². The summed E-state index contributed by atoms with van der Waals surface area (Å²) in [5.74, 6) is -0.179. The molecular formula is C24H17N3O2S2. The molecule has 2 N–H and O–H groups in total. The van der Waals surface area contributed by atoms with Crippen molar-refractivity contribution in [3.05, 3.63) is 84.1 Å². The van der Waals surface area contributed by atoms with Crippen LogP contribution in [0, 0.1) is 6.92 Å². The summed E-state index contributed by atoms with van der Waals surface area (Å²) < 4.78 is 6.75. The van der Waals surface area contributed by atoms with E-state index in [-0.39, 0.29) is 10.9 Å². The van der Waals surface area contributed by atoms with Crippen LogP contribution in [0.3, 0.4) is 0 Å². The van der Waals surface area contributed by atoms with E-state index in [9.17, 15) is 4.79 Å². The van der Waals surface area contributed by atoms with Crippen LogP contribution in [-0.2, 0) is 0 Å². The van der Waals surface area contributed by atoms with Crippen LogP contribution >= 0.6 is 23.6 Å². The zero-order valence-electron chi connectivity index (χ0n) is 16.5. The quantitative estimate of drug-likeness (QED) is 0.328. The van der Waals surface area contributed by atoms with Crippen molar-refractivity contribution in [3.63, 3.8) is 0 Å². The van der Waals surface area contributed by atoms with E-state index in [1.54, 1.807) is 17.4 Å². The number of anilines is 1. The molecule has 0 fully saturated rings. The van der Waals surface area contributed by atoms with Gasteiger partial charge in [0.05, 0.1) is 10.2 Å². The Morgan fingerprint density at radius 2 is 1.84 bits per heavy atom. The molecule has 5 aromatic rings. The molecule has 1 amide bonds. The number of fused-ring (bicyclic) bond motifs is 2. The third-order valence-electron chi connectivity index (χ3n) is 4.81. The molecule has 0 unspecified atom stereocenters. The number of nitrogens with zero attached hydrogens (tertiary/aromatic N) is 1. The molecule has 0 bridgehead atoms. The molecule has 2 aromatic heterocycles. The van der Waals surface area contributed by atoms with Gasteiger partial charge in [0.2, 0.25) is 0 Å². The Morgan fingerprint density at radius 1 is 1.03 bits per heavy atom. The average Bonchev–Trinajstić information content (AvgIpc) is 3.38. The molecule has 2 heterocycles. The number of nitrogens with one attached hydrogen (secondary N) is 2. The minimum absolute atomic E-state index is 0.202. The lowest BCUT2D eigenvalue weighted by Crippen LogP contribution is -2.33. The fraction of sp³-hybridized carbons (Fsp3) is 0.0417. The van der Waals surface area contributed by atoms with Gasteiger partial charge >= 0.3 is 0 Å². The van der Waals surface area contributed by atoms with Crippen molar-refractivity contribution < 1.29 is 9.21 Å². The fourth-order valence-electron chi connectivity index (χ4n) is 3.27. The van der Waals surface area contributed by atoms with Gasteiger partial charge in [-0.2, -0.15) is 0 Å². The molecule has 152 valence electrons. The largest absolute Gasteiger partial charge is 0.451 e. The van der Waals surface area contributed by atoms with Crippen LogP contribution in [0.1, 0.15) is 16.1 Å². The summed E-state index contributed by atoms with van der Waals surface area (Å²) in [6.45, 7) is 2.08. The molecule has 3 aromatic carbocycles. The summed E-state index contributed by atoms with van der Waals surface area (Å²) >= 11 is 6.95. The van der Waals surface area contributed by atoms with Crippen molar-refractivity contribution in [3.8, 4) is 10.6 Å². The van der Waals surface area contributed by atoms with Crippen molar-refractivity contribution >= 4 is 61.4 Å². The topological polar surface area (TPSA) is 67.2 Å². The SMILES string of the molecule is Cc1ccc2nc(-c3ccc(NC(=S)NC(=O)c4cc5ccccc5o4)cc3)sc2c1. The van der Waals surface area contributed by atoms with E-state index in [4.69, 9.17) is 21.6 Å². The fourth-order valence-corrected chi connectivity index (χ4v) is 4.55. The van der Waals surface area contributed by atoms with Crippen LogP contribution in [0.5, 0.6) is 0 Å². The number of carbonyl (C=O) groups is 1. The number of benzene rings is 3. The van der Waals surface area contributed by atoms with Crippen molar-refractivity contribution in [2.24, 2.45) is 0 Å². The Morgan fingerprint density at radius 3 is 2.65 bits per heavy atom. The standard InChI is InChI=1S/C24H17N3O2S2/c1-14-6-11-18-21(12-14)31-23(26-18)15-7-9-17(10-8-15)25-24(30)27-22(28)20-13-16-4-2-3-5-19(16)29-20/h2-13H,1H3,(H2,25,27,28,30). The molecular weight excluding hydrogens is 426 g/mol. The van der Waals surface area contributed by atoms with Gasteiger partial charge in [-0.25, -0.2) is 4.98 Å². The van der Waals surface area contributed by atoms with Gasteiger partial charge in [0.15, 0.2) is 10.9 Å². The predicted octanol–water partition coefficient (Wildman–Crippen LogP) is 6.14. The minimum Gasteiger partial charge on any atom is -0.451 e. The summed E-state index contributed by atoms with van der Waals surface area (Å²) in [4.78, 5) is 17.1. The minimum atomic E-state index is -0.393. The first-order valence-corrected chi connectivity index (χ1v) is 10.9. The third-order valence-corrected chi connectivity index (χ3v) is 6.08.